The number of nitrogens with one attached hydrogen (secondary N) is 1. The highest BCUT2D eigenvalue weighted by Gasteiger charge is 2.15. The Balaban J connectivity index is 1.34. The molecule has 190 valence electrons. The number of unbranched alkanes of at least 4 members (excludes halogenated alkanes) is 15. The fourth-order valence-corrected chi connectivity index (χ4v) is 4.88. The molecule has 1 aromatic heterocycles. The molecule has 33 heavy (non-hydrogen) atoms. The Hall–Kier alpha value is -1.29. The Morgan fingerprint density at radius 1 is 0.758 bits per heavy atom. The van der Waals surface area contributed by atoms with Crippen molar-refractivity contribution in [3.8, 4) is 0 Å². The maximum atomic E-state index is 12.3. The SMILES string of the molecule is CCCCCCCCCCCCCCCCCCNC(=O)c1ccc(CN2CCCCC2)o1. The summed E-state index contributed by atoms with van der Waals surface area (Å²) < 4.78 is 5.78. The summed E-state index contributed by atoms with van der Waals surface area (Å²) in [6, 6.07) is 3.78. The minimum Gasteiger partial charge on any atom is -0.455 e. The molecule has 0 bridgehead atoms. The third-order valence-corrected chi connectivity index (χ3v) is 7.03. The molecule has 0 aliphatic carbocycles. The summed E-state index contributed by atoms with van der Waals surface area (Å²) in [6.45, 7) is 6.14. The van der Waals surface area contributed by atoms with Crippen LogP contribution in [0.25, 0.3) is 0 Å². The maximum absolute atomic E-state index is 12.3. The molecular formula is C29H52N2O2. The van der Waals surface area contributed by atoms with E-state index in [9.17, 15) is 4.79 Å². The zero-order chi connectivity index (χ0) is 23.4. The highest BCUT2D eigenvalue weighted by atomic mass is 16.4. The van der Waals surface area contributed by atoms with Gasteiger partial charge in [-0.1, -0.05) is 110 Å². The van der Waals surface area contributed by atoms with Crippen LogP contribution in [0.15, 0.2) is 16.5 Å². The molecule has 1 amide bonds. The number of hydrogen-bond acceptors (Lipinski definition) is 3. The second kappa shape index (κ2) is 19.1. The van der Waals surface area contributed by atoms with E-state index in [2.05, 4.69) is 17.1 Å². The molecule has 0 spiro atoms. The summed E-state index contributed by atoms with van der Waals surface area (Å²) >= 11 is 0. The first kappa shape index (κ1) is 28.0. The van der Waals surface area contributed by atoms with Gasteiger partial charge >= 0.3 is 0 Å². The molecule has 0 atom stereocenters. The number of piperidine rings is 1. The summed E-state index contributed by atoms with van der Waals surface area (Å²) in [5.41, 5.74) is 0. The van der Waals surface area contributed by atoms with E-state index in [4.69, 9.17) is 4.42 Å². The summed E-state index contributed by atoms with van der Waals surface area (Å²) in [5.74, 6) is 1.30. The molecular weight excluding hydrogens is 408 g/mol. The number of nitrogens with zero attached hydrogens (tertiary/aromatic N) is 1. The molecule has 0 radical (unpaired) electrons. The van der Waals surface area contributed by atoms with Crippen LogP contribution >= 0.6 is 0 Å². The lowest BCUT2D eigenvalue weighted by Gasteiger charge is -2.25. The van der Waals surface area contributed by atoms with Gasteiger partial charge in [0, 0.05) is 6.54 Å². The zero-order valence-electron chi connectivity index (χ0n) is 21.7. The number of hydrogen-bond donors (Lipinski definition) is 1. The van der Waals surface area contributed by atoms with E-state index in [1.165, 1.54) is 116 Å². The molecule has 1 aromatic rings. The lowest BCUT2D eigenvalue weighted by Crippen LogP contribution is -2.28. The van der Waals surface area contributed by atoms with Gasteiger partial charge in [0.25, 0.3) is 5.91 Å². The average Bonchev–Trinajstić information content (AvgIpc) is 3.30. The summed E-state index contributed by atoms with van der Waals surface area (Å²) in [7, 11) is 0. The number of likely N-dealkylation sites (tertiary alicyclic amines) is 1. The molecule has 0 saturated carbocycles. The van der Waals surface area contributed by atoms with Crippen molar-refractivity contribution < 1.29 is 9.21 Å². The first-order chi connectivity index (χ1) is 16.3. The van der Waals surface area contributed by atoms with Gasteiger partial charge in [0.2, 0.25) is 0 Å². The van der Waals surface area contributed by atoms with E-state index in [1.54, 1.807) is 0 Å². The minimum atomic E-state index is -0.0687. The monoisotopic (exact) mass is 460 g/mol. The predicted octanol–water partition coefficient (Wildman–Crippen LogP) is 8.26. The Morgan fingerprint density at radius 3 is 1.82 bits per heavy atom. The topological polar surface area (TPSA) is 45.5 Å². The molecule has 1 saturated heterocycles. The predicted molar refractivity (Wildman–Crippen MR) is 140 cm³/mol. The fraction of sp³-hybridized carbons (Fsp3) is 0.828. The number of rotatable bonds is 20. The quantitative estimate of drug-likeness (QED) is 0.199. The second-order valence-corrected chi connectivity index (χ2v) is 10.2. The largest absolute Gasteiger partial charge is 0.455 e. The van der Waals surface area contributed by atoms with E-state index in [1.807, 2.05) is 12.1 Å². The summed E-state index contributed by atoms with van der Waals surface area (Å²) in [6.07, 6.45) is 25.8. The van der Waals surface area contributed by atoms with Gasteiger partial charge in [-0.25, -0.2) is 0 Å². The first-order valence-electron chi connectivity index (χ1n) is 14.4. The molecule has 2 heterocycles. The van der Waals surface area contributed by atoms with Crippen LogP contribution in [0.5, 0.6) is 0 Å². The molecule has 1 fully saturated rings. The Bertz CT molecular complexity index is 592. The third-order valence-electron chi connectivity index (χ3n) is 7.03. The van der Waals surface area contributed by atoms with Crippen LogP contribution in [0.3, 0.4) is 0 Å². The molecule has 2 rings (SSSR count). The molecule has 1 aliphatic rings. The minimum absolute atomic E-state index is 0.0687. The first-order valence-corrected chi connectivity index (χ1v) is 14.4. The molecule has 1 aliphatic heterocycles. The van der Waals surface area contributed by atoms with Crippen molar-refractivity contribution in [3.05, 3.63) is 23.7 Å². The third kappa shape index (κ3) is 13.9. The van der Waals surface area contributed by atoms with E-state index in [0.717, 1.165) is 38.4 Å². The number of amides is 1. The smallest absolute Gasteiger partial charge is 0.286 e. The van der Waals surface area contributed by atoms with E-state index < -0.39 is 0 Å². The van der Waals surface area contributed by atoms with Crippen molar-refractivity contribution in [1.29, 1.82) is 0 Å². The van der Waals surface area contributed by atoms with Crippen LogP contribution in [-0.2, 0) is 6.54 Å². The van der Waals surface area contributed by atoms with Crippen molar-refractivity contribution in [2.24, 2.45) is 0 Å². The molecule has 4 nitrogen and oxygen atoms in total. The van der Waals surface area contributed by atoms with Crippen LogP contribution < -0.4 is 5.32 Å². The fourth-order valence-electron chi connectivity index (χ4n) is 4.88. The maximum Gasteiger partial charge on any atom is 0.286 e. The lowest BCUT2D eigenvalue weighted by atomic mass is 10.0. The number of carbonyl (C=O) groups is 1. The van der Waals surface area contributed by atoms with Gasteiger partial charge in [-0.15, -0.1) is 0 Å². The van der Waals surface area contributed by atoms with Crippen LogP contribution in [-0.4, -0.2) is 30.4 Å². The van der Waals surface area contributed by atoms with Gasteiger partial charge in [-0.3, -0.25) is 9.69 Å². The normalized spacial score (nSPS) is 14.6. The summed E-state index contributed by atoms with van der Waals surface area (Å²) in [4.78, 5) is 14.7. The Labute approximate surface area is 204 Å². The molecule has 1 N–H and O–H groups in total. The van der Waals surface area contributed by atoms with Gasteiger partial charge < -0.3 is 9.73 Å². The van der Waals surface area contributed by atoms with Gasteiger partial charge in [0.15, 0.2) is 5.76 Å². The van der Waals surface area contributed by atoms with Crippen molar-refractivity contribution in [1.82, 2.24) is 10.2 Å². The number of carbonyl (C=O) groups excluding carboxylic acids is 1. The Morgan fingerprint density at radius 2 is 1.27 bits per heavy atom. The molecule has 4 heteroatoms. The highest BCUT2D eigenvalue weighted by molar-refractivity contribution is 5.91. The van der Waals surface area contributed by atoms with E-state index in [-0.39, 0.29) is 5.91 Å². The highest BCUT2D eigenvalue weighted by Crippen LogP contribution is 2.16. The van der Waals surface area contributed by atoms with Crippen molar-refractivity contribution in [3.63, 3.8) is 0 Å². The molecule has 0 unspecified atom stereocenters. The van der Waals surface area contributed by atoms with Crippen LogP contribution in [0, 0.1) is 0 Å². The van der Waals surface area contributed by atoms with Crippen LogP contribution in [0.1, 0.15) is 145 Å². The van der Waals surface area contributed by atoms with Gasteiger partial charge in [0.1, 0.15) is 5.76 Å². The van der Waals surface area contributed by atoms with Crippen molar-refractivity contribution in [2.45, 2.75) is 135 Å². The van der Waals surface area contributed by atoms with Crippen LogP contribution in [0.4, 0.5) is 0 Å². The van der Waals surface area contributed by atoms with Crippen LogP contribution in [0.2, 0.25) is 0 Å². The van der Waals surface area contributed by atoms with E-state index >= 15 is 0 Å². The van der Waals surface area contributed by atoms with Crippen molar-refractivity contribution in [2.75, 3.05) is 19.6 Å². The molecule has 0 aromatic carbocycles. The standard InChI is InChI=1S/C29H52N2O2/c1-2-3-4-5-6-7-8-9-10-11-12-13-14-15-16-18-23-30-29(32)28-22-21-27(33-28)26-31-24-19-17-20-25-31/h21-22H,2-20,23-26H2,1H3,(H,30,32). The zero-order valence-corrected chi connectivity index (χ0v) is 21.7. The Kier molecular flexibility index (Phi) is 16.1. The van der Waals surface area contributed by atoms with E-state index in [0.29, 0.717) is 5.76 Å². The summed E-state index contributed by atoms with van der Waals surface area (Å²) in [5, 5.41) is 3.02. The number of furan rings is 1. The average molecular weight is 461 g/mol. The van der Waals surface area contributed by atoms with Gasteiger partial charge in [-0.2, -0.15) is 0 Å². The van der Waals surface area contributed by atoms with Gasteiger partial charge in [0.05, 0.1) is 6.54 Å². The lowest BCUT2D eigenvalue weighted by molar-refractivity contribution is 0.0920. The van der Waals surface area contributed by atoms with Crippen molar-refractivity contribution >= 4 is 5.91 Å². The van der Waals surface area contributed by atoms with Gasteiger partial charge in [-0.05, 0) is 44.5 Å². The second-order valence-electron chi connectivity index (χ2n) is 10.2.